The van der Waals surface area contributed by atoms with Crippen molar-refractivity contribution >= 4 is 140 Å². The van der Waals surface area contributed by atoms with Gasteiger partial charge in [0.05, 0.1) is 55.4 Å². The fourth-order valence-corrected chi connectivity index (χ4v) is 7.15. The zero-order chi connectivity index (χ0) is 28.2. The lowest BCUT2D eigenvalue weighted by atomic mass is 10.1. The number of amides is 4. The van der Waals surface area contributed by atoms with E-state index in [4.69, 9.17) is 55.9 Å². The number of carbonyl (C=O) groups is 5. The molecule has 0 atom stereocenters. The molecule has 38 heavy (non-hydrogen) atoms. The van der Waals surface area contributed by atoms with Crippen molar-refractivity contribution in [3.63, 3.8) is 0 Å². The van der Waals surface area contributed by atoms with Gasteiger partial charge in [-0.3, -0.25) is 29.0 Å². The first-order chi connectivity index (χ1) is 17.8. The van der Waals surface area contributed by atoms with Gasteiger partial charge in [-0.2, -0.15) is 0 Å². The van der Waals surface area contributed by atoms with Gasteiger partial charge in [0.15, 0.2) is 0 Å². The van der Waals surface area contributed by atoms with E-state index in [0.29, 0.717) is 17.9 Å². The topological polar surface area (TPSA) is 110 Å². The molecule has 0 aromatic heterocycles. The minimum absolute atomic E-state index is 0.156. The molecule has 2 aliphatic heterocycles. The smallest absolute Gasteiger partial charge is 0.432 e. The van der Waals surface area contributed by atoms with Crippen molar-refractivity contribution in [1.82, 2.24) is 9.80 Å². The Morgan fingerprint density at radius 3 is 1.21 bits per heavy atom. The quantitative estimate of drug-likeness (QED) is 0.129. The van der Waals surface area contributed by atoms with E-state index in [0.717, 1.165) is 9.80 Å². The van der Waals surface area contributed by atoms with E-state index < -0.39 is 36.4 Å². The van der Waals surface area contributed by atoms with E-state index in [1.807, 2.05) is 0 Å². The fourth-order valence-electron chi connectivity index (χ4n) is 3.68. The van der Waals surface area contributed by atoms with Crippen molar-refractivity contribution in [3.05, 3.63) is 60.2 Å². The molecule has 200 valence electrons. The van der Waals surface area contributed by atoms with Gasteiger partial charge in [0.2, 0.25) is 0 Å². The number of fused-ring (bicyclic) bond motifs is 2. The molecule has 0 fully saturated rings. The summed E-state index contributed by atoms with van der Waals surface area (Å²) in [6.07, 6.45) is -1.15. The first-order valence-electron chi connectivity index (χ1n) is 10.0. The summed E-state index contributed by atoms with van der Waals surface area (Å²) in [5.74, 6) is -2.72. The highest BCUT2D eigenvalue weighted by molar-refractivity contribution is 9.15. The predicted molar refractivity (Wildman–Crippen MR) is 152 cm³/mol. The minimum Gasteiger partial charge on any atom is -0.432 e. The van der Waals surface area contributed by atoms with Gasteiger partial charge in [-0.1, -0.05) is 46.4 Å². The van der Waals surface area contributed by atoms with E-state index in [2.05, 4.69) is 63.7 Å². The molecule has 0 radical (unpaired) electrons. The first-order valence-corrected chi connectivity index (χ1v) is 14.7. The summed E-state index contributed by atoms with van der Waals surface area (Å²) >= 11 is 37.4. The molecule has 9 nitrogen and oxygen atoms in total. The zero-order valence-electron chi connectivity index (χ0n) is 18.1. The molecule has 0 saturated heterocycles. The maximum atomic E-state index is 12.8. The Hall–Kier alpha value is -0.930. The van der Waals surface area contributed by atoms with Crippen molar-refractivity contribution in [2.24, 2.45) is 0 Å². The molecule has 0 bridgehead atoms. The minimum atomic E-state index is -1.15. The molecule has 2 aliphatic rings. The predicted octanol–water partition coefficient (Wildman–Crippen LogP) is 7.40. The second kappa shape index (κ2) is 11.5. The number of rotatable bonds is 6. The maximum Gasteiger partial charge on any atom is 0.508 e. The summed E-state index contributed by atoms with van der Waals surface area (Å²) < 4.78 is 11.7. The van der Waals surface area contributed by atoms with Gasteiger partial charge in [-0.05, 0) is 63.7 Å². The largest absolute Gasteiger partial charge is 0.508 e. The van der Waals surface area contributed by atoms with Crippen LogP contribution < -0.4 is 0 Å². The molecule has 2 aromatic rings. The summed E-state index contributed by atoms with van der Waals surface area (Å²) in [6.45, 7) is -1.37. The molecule has 4 amide bonds. The van der Waals surface area contributed by atoms with Crippen LogP contribution in [0.2, 0.25) is 20.1 Å². The zero-order valence-corrected chi connectivity index (χ0v) is 27.5. The van der Waals surface area contributed by atoms with Crippen molar-refractivity contribution in [1.29, 1.82) is 0 Å². The number of halogens is 8. The van der Waals surface area contributed by atoms with Gasteiger partial charge in [0.25, 0.3) is 23.6 Å². The van der Waals surface area contributed by atoms with Gasteiger partial charge in [-0.15, -0.1) is 0 Å². The number of benzene rings is 2. The van der Waals surface area contributed by atoms with Crippen LogP contribution in [0.5, 0.6) is 0 Å². The molecule has 2 aromatic carbocycles. The molecule has 0 spiro atoms. The van der Waals surface area contributed by atoms with Crippen LogP contribution in [0.3, 0.4) is 0 Å². The fraction of sp³-hybridized carbons (Fsp3) is 0.190. The first kappa shape index (κ1) is 30.0. The van der Waals surface area contributed by atoms with Gasteiger partial charge in [0, 0.05) is 17.9 Å². The van der Waals surface area contributed by atoms with Crippen molar-refractivity contribution in [3.8, 4) is 0 Å². The summed E-state index contributed by atoms with van der Waals surface area (Å²) in [4.78, 5) is 64.7. The SMILES string of the molecule is O=C(OCCN1C(=O)c2c(Cl)c(Cl)c(Cl)c(Cl)c2C1=O)OCCN1C(=O)c2c(Br)c(Br)c(Br)c(Br)c2C1=O. The number of nitrogens with zero attached hydrogens (tertiary/aromatic N) is 2. The van der Waals surface area contributed by atoms with Crippen molar-refractivity contribution < 1.29 is 33.4 Å². The number of hydrogen-bond acceptors (Lipinski definition) is 7. The number of ether oxygens (including phenoxy) is 2. The lowest BCUT2D eigenvalue weighted by Gasteiger charge is -2.15. The highest BCUT2D eigenvalue weighted by Gasteiger charge is 2.42. The Morgan fingerprint density at radius 2 is 0.868 bits per heavy atom. The molecular weight excluding hydrogens is 854 g/mol. The Morgan fingerprint density at radius 1 is 0.553 bits per heavy atom. The summed E-state index contributed by atoms with van der Waals surface area (Å²) in [7, 11) is 0. The van der Waals surface area contributed by atoms with Crippen LogP contribution in [0.15, 0.2) is 17.9 Å². The Bertz CT molecular complexity index is 1290. The van der Waals surface area contributed by atoms with Crippen molar-refractivity contribution in [2.75, 3.05) is 26.3 Å². The number of carbonyl (C=O) groups excluding carboxylic acids is 5. The normalized spacial score (nSPS) is 14.4. The van der Waals surface area contributed by atoms with E-state index in [1.54, 1.807) is 0 Å². The molecule has 0 N–H and O–H groups in total. The Labute approximate surface area is 267 Å². The molecule has 0 aliphatic carbocycles. The van der Waals surface area contributed by atoms with Crippen LogP contribution >= 0.6 is 110 Å². The summed E-state index contributed by atoms with van der Waals surface area (Å²) in [5.41, 5.74) is -0.0830. The van der Waals surface area contributed by atoms with Crippen LogP contribution in [0, 0.1) is 0 Å². The molecule has 17 heteroatoms. The second-order valence-electron chi connectivity index (χ2n) is 7.48. The molecule has 4 rings (SSSR count). The standard InChI is InChI=1S/C21H8Br4Cl4N2O7/c22-9-5-6(10(23)12(25)11(9)24)18(33)30(17(5)32)1-3-37-21(36)38-4-2-31-19(34)7-8(20(31)35)14(27)16(29)15(28)13(7)26/h1-4H2. The van der Waals surface area contributed by atoms with Crippen LogP contribution in [0.1, 0.15) is 41.4 Å². The highest BCUT2D eigenvalue weighted by Crippen LogP contribution is 2.46. The van der Waals surface area contributed by atoms with E-state index in [-0.39, 0.29) is 62.0 Å². The molecule has 0 unspecified atom stereocenters. The Balaban J connectivity index is 1.32. The van der Waals surface area contributed by atoms with E-state index in [9.17, 15) is 24.0 Å². The average Bonchev–Trinajstić information content (AvgIpc) is 3.28. The lowest BCUT2D eigenvalue weighted by Crippen LogP contribution is -2.35. The van der Waals surface area contributed by atoms with Crippen molar-refractivity contribution in [2.45, 2.75) is 0 Å². The van der Waals surface area contributed by atoms with E-state index >= 15 is 0 Å². The maximum absolute atomic E-state index is 12.8. The van der Waals surface area contributed by atoms with Gasteiger partial charge in [0.1, 0.15) is 13.2 Å². The van der Waals surface area contributed by atoms with Gasteiger partial charge < -0.3 is 9.47 Å². The third kappa shape index (κ3) is 4.91. The molecule has 2 heterocycles. The molecule has 0 saturated carbocycles. The lowest BCUT2D eigenvalue weighted by molar-refractivity contribution is 0.0357. The third-order valence-electron chi connectivity index (χ3n) is 5.44. The third-order valence-corrected chi connectivity index (χ3v) is 12.0. The number of imide groups is 2. The van der Waals surface area contributed by atoms with Crippen LogP contribution in [0.25, 0.3) is 0 Å². The second-order valence-corrected chi connectivity index (χ2v) is 12.2. The van der Waals surface area contributed by atoms with E-state index in [1.165, 1.54) is 0 Å². The van der Waals surface area contributed by atoms with Gasteiger partial charge >= 0.3 is 6.16 Å². The van der Waals surface area contributed by atoms with Crippen LogP contribution in [-0.2, 0) is 9.47 Å². The Kier molecular flexibility index (Phi) is 9.10. The molecular formula is C21H8Br4Cl4N2O7. The van der Waals surface area contributed by atoms with Gasteiger partial charge in [-0.25, -0.2) is 4.79 Å². The monoisotopic (exact) mass is 856 g/mol. The summed E-state index contributed by atoms with van der Waals surface area (Å²) in [5, 5.41) is -0.774. The average molecular weight is 862 g/mol. The van der Waals surface area contributed by atoms with Crippen LogP contribution in [-0.4, -0.2) is 65.9 Å². The van der Waals surface area contributed by atoms with Crippen LogP contribution in [0.4, 0.5) is 4.79 Å². The number of hydrogen-bond donors (Lipinski definition) is 0. The highest BCUT2D eigenvalue weighted by atomic mass is 79.9. The summed E-state index contributed by atoms with van der Waals surface area (Å²) in [6, 6.07) is 0.